The minimum atomic E-state index is -0.472. The highest BCUT2D eigenvalue weighted by molar-refractivity contribution is 4.97. The molecule has 0 aromatic carbocycles. The van der Waals surface area contributed by atoms with Gasteiger partial charge in [-0.2, -0.15) is 0 Å². The first-order chi connectivity index (χ1) is 8.76. The summed E-state index contributed by atoms with van der Waals surface area (Å²) in [6, 6.07) is 0. The Bertz CT molecular complexity index is 259. The van der Waals surface area contributed by atoms with Crippen LogP contribution in [-0.4, -0.2) is 71.9 Å². The molecule has 0 amide bonds. The normalized spacial score (nSPS) is 44.7. The maximum absolute atomic E-state index is 5.90. The lowest BCUT2D eigenvalue weighted by atomic mass is 9.91. The van der Waals surface area contributed by atoms with Gasteiger partial charge in [0, 0.05) is 35.0 Å². The first-order valence-corrected chi connectivity index (χ1v) is 6.15. The molecule has 0 radical (unpaired) electrons. The zero-order chi connectivity index (χ0) is 13.1. The van der Waals surface area contributed by atoms with E-state index in [9.17, 15) is 0 Å². The Morgan fingerprint density at radius 1 is 0.833 bits per heavy atom. The minimum Gasteiger partial charge on any atom is -0.379 e. The molecule has 2 heterocycles. The van der Waals surface area contributed by atoms with Crippen molar-refractivity contribution in [1.82, 2.24) is 0 Å². The second kappa shape index (κ2) is 6.27. The first-order valence-electron chi connectivity index (χ1n) is 6.15. The maximum Gasteiger partial charge on any atom is 0.186 e. The van der Waals surface area contributed by atoms with E-state index in [1.54, 1.807) is 28.4 Å². The molecule has 2 aliphatic rings. The molecule has 0 aliphatic carbocycles. The molecule has 6 heteroatoms. The van der Waals surface area contributed by atoms with Crippen LogP contribution < -0.4 is 0 Å². The van der Waals surface area contributed by atoms with E-state index >= 15 is 0 Å². The molecule has 0 N–H and O–H groups in total. The summed E-state index contributed by atoms with van der Waals surface area (Å²) < 4.78 is 33.4. The van der Waals surface area contributed by atoms with Crippen LogP contribution in [0.1, 0.15) is 6.42 Å². The fraction of sp³-hybridized carbons (Fsp3) is 1.00. The Labute approximate surface area is 107 Å². The Morgan fingerprint density at radius 3 is 2.11 bits per heavy atom. The molecule has 6 atom stereocenters. The summed E-state index contributed by atoms with van der Waals surface area (Å²) in [5, 5.41) is 0. The third kappa shape index (κ3) is 2.41. The summed E-state index contributed by atoms with van der Waals surface area (Å²) in [6.07, 6.45) is -0.580. The molecule has 106 valence electrons. The maximum atomic E-state index is 5.90. The molecule has 0 saturated carbocycles. The van der Waals surface area contributed by atoms with Gasteiger partial charge in [0.15, 0.2) is 6.29 Å². The number of hydrogen-bond donors (Lipinski definition) is 0. The highest BCUT2D eigenvalue weighted by Crippen LogP contribution is 2.33. The predicted octanol–water partition coefficient (Wildman–Crippen LogP) is 0.192. The van der Waals surface area contributed by atoms with Crippen LogP contribution in [0.25, 0.3) is 0 Å². The summed E-state index contributed by atoms with van der Waals surface area (Å²) >= 11 is 0. The number of hydrogen-bond acceptors (Lipinski definition) is 6. The molecule has 0 aromatic heterocycles. The van der Waals surface area contributed by atoms with Gasteiger partial charge in [-0.15, -0.1) is 0 Å². The van der Waals surface area contributed by atoms with E-state index in [4.69, 9.17) is 28.4 Å². The van der Waals surface area contributed by atoms with Gasteiger partial charge < -0.3 is 28.4 Å². The van der Waals surface area contributed by atoms with Crippen LogP contribution in [0.5, 0.6) is 0 Å². The topological polar surface area (TPSA) is 55.4 Å². The van der Waals surface area contributed by atoms with E-state index in [1.165, 1.54) is 0 Å². The van der Waals surface area contributed by atoms with Gasteiger partial charge in [0.2, 0.25) is 0 Å². The molecule has 0 aromatic rings. The van der Waals surface area contributed by atoms with Gasteiger partial charge in [0.25, 0.3) is 0 Å². The lowest BCUT2D eigenvalue weighted by molar-refractivity contribution is -0.331. The summed E-state index contributed by atoms with van der Waals surface area (Å²) in [5.41, 5.74) is 0. The van der Waals surface area contributed by atoms with Gasteiger partial charge in [-0.25, -0.2) is 0 Å². The SMILES string of the molecule is CO[C@H]1O[C@H]2[C@@H](OCC[C@H]2OC)[C@H](OC)[C@H]1OC. The molecular weight excluding hydrogens is 240 g/mol. The van der Waals surface area contributed by atoms with Gasteiger partial charge in [-0.05, 0) is 6.42 Å². The van der Waals surface area contributed by atoms with Crippen LogP contribution in [0, 0.1) is 0 Å². The van der Waals surface area contributed by atoms with Crippen LogP contribution in [0.15, 0.2) is 0 Å². The number of methoxy groups -OCH3 is 4. The van der Waals surface area contributed by atoms with Crippen LogP contribution in [0.2, 0.25) is 0 Å². The monoisotopic (exact) mass is 262 g/mol. The van der Waals surface area contributed by atoms with Crippen molar-refractivity contribution in [3.8, 4) is 0 Å². The Hall–Kier alpha value is -0.240. The number of fused-ring (bicyclic) bond motifs is 1. The fourth-order valence-corrected chi connectivity index (χ4v) is 2.77. The lowest BCUT2D eigenvalue weighted by Crippen LogP contribution is -2.65. The largest absolute Gasteiger partial charge is 0.379 e. The van der Waals surface area contributed by atoms with Crippen LogP contribution >= 0.6 is 0 Å². The van der Waals surface area contributed by atoms with Crippen molar-refractivity contribution >= 4 is 0 Å². The molecule has 18 heavy (non-hydrogen) atoms. The highest BCUT2D eigenvalue weighted by atomic mass is 16.7. The first kappa shape index (κ1) is 14.2. The molecular formula is C12H22O6. The molecule has 6 nitrogen and oxygen atoms in total. The van der Waals surface area contributed by atoms with E-state index in [0.29, 0.717) is 6.61 Å². The van der Waals surface area contributed by atoms with E-state index in [2.05, 4.69) is 0 Å². The number of ether oxygens (including phenoxy) is 6. The predicted molar refractivity (Wildman–Crippen MR) is 62.4 cm³/mol. The second-order valence-electron chi connectivity index (χ2n) is 4.50. The van der Waals surface area contributed by atoms with E-state index in [1.807, 2.05) is 0 Å². The quantitative estimate of drug-likeness (QED) is 0.721. The number of rotatable bonds is 4. The van der Waals surface area contributed by atoms with Crippen molar-refractivity contribution in [2.24, 2.45) is 0 Å². The van der Waals surface area contributed by atoms with Crippen molar-refractivity contribution < 1.29 is 28.4 Å². The summed E-state index contributed by atoms with van der Waals surface area (Å²) in [7, 11) is 6.53. The molecule has 0 bridgehead atoms. The van der Waals surface area contributed by atoms with E-state index in [-0.39, 0.29) is 30.5 Å². The second-order valence-corrected chi connectivity index (χ2v) is 4.50. The smallest absolute Gasteiger partial charge is 0.186 e. The van der Waals surface area contributed by atoms with Gasteiger partial charge in [0.05, 0.1) is 6.10 Å². The lowest BCUT2D eigenvalue weighted by Gasteiger charge is -2.48. The summed E-state index contributed by atoms with van der Waals surface area (Å²) in [4.78, 5) is 0. The summed E-state index contributed by atoms with van der Waals surface area (Å²) in [6.45, 7) is 0.636. The Morgan fingerprint density at radius 2 is 1.56 bits per heavy atom. The Balaban J connectivity index is 2.19. The fourth-order valence-electron chi connectivity index (χ4n) is 2.77. The standard InChI is InChI=1S/C12H22O6/c1-13-7-5-6-17-10-8(7)18-12(16-4)11(15-3)9(10)14-2/h7-12H,5-6H2,1-4H3/t7-,8-,9+,10-,11-,12+/m1/s1. The van der Waals surface area contributed by atoms with Crippen molar-refractivity contribution in [3.63, 3.8) is 0 Å². The van der Waals surface area contributed by atoms with Crippen LogP contribution in [0.4, 0.5) is 0 Å². The van der Waals surface area contributed by atoms with Gasteiger partial charge in [0.1, 0.15) is 24.4 Å². The van der Waals surface area contributed by atoms with E-state index in [0.717, 1.165) is 6.42 Å². The molecule has 2 aliphatic heterocycles. The van der Waals surface area contributed by atoms with Gasteiger partial charge in [-0.1, -0.05) is 0 Å². The zero-order valence-corrected chi connectivity index (χ0v) is 11.3. The van der Waals surface area contributed by atoms with E-state index < -0.39 is 6.29 Å². The van der Waals surface area contributed by atoms with Crippen LogP contribution in [-0.2, 0) is 28.4 Å². The van der Waals surface area contributed by atoms with Crippen molar-refractivity contribution in [1.29, 1.82) is 0 Å². The molecule has 2 fully saturated rings. The molecule has 2 saturated heterocycles. The zero-order valence-electron chi connectivity index (χ0n) is 11.3. The average Bonchev–Trinajstić information content (AvgIpc) is 2.44. The highest BCUT2D eigenvalue weighted by Gasteiger charge is 2.51. The molecule has 0 spiro atoms. The van der Waals surface area contributed by atoms with Crippen molar-refractivity contribution in [2.75, 3.05) is 35.0 Å². The average molecular weight is 262 g/mol. The minimum absolute atomic E-state index is 0.00291. The third-order valence-electron chi connectivity index (χ3n) is 3.69. The van der Waals surface area contributed by atoms with Gasteiger partial charge >= 0.3 is 0 Å². The van der Waals surface area contributed by atoms with Crippen molar-refractivity contribution in [2.45, 2.75) is 43.2 Å². The Kier molecular flexibility index (Phi) is 4.94. The van der Waals surface area contributed by atoms with Crippen molar-refractivity contribution in [3.05, 3.63) is 0 Å². The summed E-state index contributed by atoms with van der Waals surface area (Å²) in [5.74, 6) is 0. The van der Waals surface area contributed by atoms with Crippen LogP contribution in [0.3, 0.4) is 0 Å². The molecule has 2 rings (SSSR count). The molecule has 0 unspecified atom stereocenters. The third-order valence-corrected chi connectivity index (χ3v) is 3.69. The van der Waals surface area contributed by atoms with Gasteiger partial charge in [-0.3, -0.25) is 0 Å².